The summed E-state index contributed by atoms with van der Waals surface area (Å²) < 4.78 is 5.85. The molecule has 7 rings (SSSR count). The maximum absolute atomic E-state index is 2.59. The second kappa shape index (κ2) is 9.76. The Balaban J connectivity index is 1.69. The van der Waals surface area contributed by atoms with Crippen molar-refractivity contribution in [2.24, 2.45) is 0 Å². The molecule has 0 bridgehead atoms. The van der Waals surface area contributed by atoms with Crippen molar-refractivity contribution in [1.29, 1.82) is 0 Å². The molecular formula is C39H44S4. The van der Waals surface area contributed by atoms with E-state index in [1.165, 1.54) is 94.2 Å². The predicted octanol–water partition coefficient (Wildman–Crippen LogP) is 14.6. The molecule has 4 heterocycles. The van der Waals surface area contributed by atoms with Crippen LogP contribution in [0.2, 0.25) is 0 Å². The van der Waals surface area contributed by atoms with Crippen molar-refractivity contribution >= 4 is 107 Å². The van der Waals surface area contributed by atoms with Crippen molar-refractivity contribution in [1.82, 2.24) is 0 Å². The smallest absolute Gasteiger partial charge is 0.0431 e. The van der Waals surface area contributed by atoms with Crippen LogP contribution in [0.25, 0.3) is 61.9 Å². The summed E-state index contributed by atoms with van der Waals surface area (Å²) in [5, 5.41) is 11.5. The summed E-state index contributed by atoms with van der Waals surface area (Å²) in [5.74, 6) is 0.591. The summed E-state index contributed by atoms with van der Waals surface area (Å²) in [5.41, 5.74) is 0.377. The highest BCUT2D eigenvalue weighted by Gasteiger charge is 2.26. The fraction of sp³-hybridized carbons (Fsp3) is 0.436. The number of hydrogen-bond acceptors (Lipinski definition) is 4. The van der Waals surface area contributed by atoms with Gasteiger partial charge in [0, 0.05) is 81.4 Å². The van der Waals surface area contributed by atoms with Gasteiger partial charge in [-0.25, -0.2) is 0 Å². The number of benzene rings is 3. The molecule has 0 aliphatic heterocycles. The van der Waals surface area contributed by atoms with Crippen molar-refractivity contribution in [2.45, 2.75) is 111 Å². The van der Waals surface area contributed by atoms with Gasteiger partial charge in [0.25, 0.3) is 0 Å². The third kappa shape index (κ3) is 4.69. The van der Waals surface area contributed by atoms with Crippen LogP contribution in [-0.2, 0) is 16.2 Å². The average molecular weight is 641 g/mol. The molecule has 0 saturated heterocycles. The Morgan fingerprint density at radius 2 is 0.767 bits per heavy atom. The normalized spacial score (nSPS) is 14.5. The molecule has 0 aliphatic carbocycles. The van der Waals surface area contributed by atoms with Crippen LogP contribution in [0.5, 0.6) is 0 Å². The van der Waals surface area contributed by atoms with Crippen molar-refractivity contribution < 1.29 is 0 Å². The van der Waals surface area contributed by atoms with E-state index in [0.29, 0.717) is 5.92 Å². The van der Waals surface area contributed by atoms with Gasteiger partial charge < -0.3 is 0 Å². The van der Waals surface area contributed by atoms with Gasteiger partial charge in [0.2, 0.25) is 0 Å². The molecule has 1 atom stereocenters. The minimum atomic E-state index is 0.124. The molecule has 0 amide bonds. The Morgan fingerprint density at radius 3 is 1.09 bits per heavy atom. The predicted molar refractivity (Wildman–Crippen MR) is 202 cm³/mol. The lowest BCUT2D eigenvalue weighted by atomic mass is 9.92. The van der Waals surface area contributed by atoms with Gasteiger partial charge in [-0.2, -0.15) is 0 Å². The molecule has 224 valence electrons. The second-order valence-corrected chi connectivity index (χ2v) is 20.1. The molecule has 4 aromatic heterocycles. The third-order valence-corrected chi connectivity index (χ3v) is 15.3. The van der Waals surface area contributed by atoms with E-state index in [1.54, 1.807) is 0 Å². The molecule has 0 spiro atoms. The first kappa shape index (κ1) is 29.7. The fourth-order valence-corrected chi connectivity index (χ4v) is 11.5. The number of rotatable bonds is 3. The number of thiophene rings is 4. The SMILES string of the molecule is CCCC(C)c1cc2c3cc(C(C)(C)C)sc3c3cc4c(cc3c2s1)c1sc(C(C)(C)C)cc1c1cc(C(C)(C)C)sc14. The maximum atomic E-state index is 2.59. The number of hydrogen-bond donors (Lipinski definition) is 0. The van der Waals surface area contributed by atoms with E-state index in [0.717, 1.165) is 0 Å². The van der Waals surface area contributed by atoms with Gasteiger partial charge in [-0.05, 0) is 65.0 Å². The Labute approximate surface area is 272 Å². The average Bonchev–Trinajstić information content (AvgIpc) is 3.69. The molecule has 4 heteroatoms. The highest BCUT2D eigenvalue weighted by Crippen LogP contribution is 2.51. The van der Waals surface area contributed by atoms with Crippen LogP contribution in [-0.4, -0.2) is 0 Å². The van der Waals surface area contributed by atoms with E-state index >= 15 is 0 Å². The standard InChI is InChI=1S/C39H44S4/c1-12-13-20(2)29-16-25-26-17-30(37(3,4)5)41-34(26)22-15-24-23(14-21(22)33(25)40-29)35-27(18-31(42-35)38(6,7)8)28-19-32(39(9,10)11)43-36(24)28/h14-20H,12-13H2,1-11H3. The topological polar surface area (TPSA) is 0 Å². The van der Waals surface area contributed by atoms with Crippen LogP contribution in [0.4, 0.5) is 0 Å². The van der Waals surface area contributed by atoms with Gasteiger partial charge in [0.1, 0.15) is 0 Å². The van der Waals surface area contributed by atoms with Gasteiger partial charge in [-0.3, -0.25) is 0 Å². The van der Waals surface area contributed by atoms with Crippen molar-refractivity contribution in [3.05, 3.63) is 55.9 Å². The first-order chi connectivity index (χ1) is 20.1. The molecule has 0 nitrogen and oxygen atoms in total. The summed E-state index contributed by atoms with van der Waals surface area (Å²) in [4.78, 5) is 5.96. The summed E-state index contributed by atoms with van der Waals surface area (Å²) in [6.45, 7) is 25.9. The van der Waals surface area contributed by atoms with Crippen LogP contribution < -0.4 is 0 Å². The summed E-state index contributed by atoms with van der Waals surface area (Å²) in [6.07, 6.45) is 2.47. The molecule has 0 aliphatic rings. The third-order valence-electron chi connectivity index (χ3n) is 9.09. The largest absolute Gasteiger partial charge is 0.139 e. The summed E-state index contributed by atoms with van der Waals surface area (Å²) in [6, 6.07) is 15.3. The number of fused-ring (bicyclic) bond motifs is 12. The van der Waals surface area contributed by atoms with Gasteiger partial charge in [-0.15, -0.1) is 45.3 Å². The zero-order valence-electron chi connectivity index (χ0n) is 27.6. The molecular weight excluding hydrogens is 597 g/mol. The Bertz CT molecular complexity index is 2200. The van der Waals surface area contributed by atoms with Gasteiger partial charge in [0.15, 0.2) is 0 Å². The fourth-order valence-electron chi connectivity index (χ4n) is 6.46. The van der Waals surface area contributed by atoms with Crippen LogP contribution in [0, 0.1) is 0 Å². The van der Waals surface area contributed by atoms with Crippen LogP contribution >= 0.6 is 45.3 Å². The van der Waals surface area contributed by atoms with E-state index in [2.05, 4.69) is 124 Å². The van der Waals surface area contributed by atoms with E-state index in [-0.39, 0.29) is 16.2 Å². The van der Waals surface area contributed by atoms with Gasteiger partial charge >= 0.3 is 0 Å². The molecule has 0 fully saturated rings. The quantitative estimate of drug-likeness (QED) is 0.169. The van der Waals surface area contributed by atoms with E-state index in [4.69, 9.17) is 0 Å². The van der Waals surface area contributed by atoms with Crippen LogP contribution in [0.1, 0.15) is 114 Å². The van der Waals surface area contributed by atoms with Crippen molar-refractivity contribution in [2.75, 3.05) is 0 Å². The Kier molecular flexibility index (Phi) is 6.74. The van der Waals surface area contributed by atoms with Crippen molar-refractivity contribution in [3.8, 4) is 0 Å². The molecule has 43 heavy (non-hydrogen) atoms. The zero-order chi connectivity index (χ0) is 30.8. The monoisotopic (exact) mass is 640 g/mol. The van der Waals surface area contributed by atoms with E-state index in [1.807, 2.05) is 34.0 Å². The lowest BCUT2D eigenvalue weighted by Gasteiger charge is -2.15. The Morgan fingerprint density at radius 1 is 0.465 bits per heavy atom. The highest BCUT2D eigenvalue weighted by atomic mass is 32.1. The lowest BCUT2D eigenvalue weighted by molar-refractivity contribution is 0.604. The molecule has 0 N–H and O–H groups in total. The molecule has 1 unspecified atom stereocenters. The van der Waals surface area contributed by atoms with E-state index < -0.39 is 0 Å². The zero-order valence-corrected chi connectivity index (χ0v) is 30.9. The molecule has 7 aromatic rings. The first-order valence-electron chi connectivity index (χ1n) is 15.8. The van der Waals surface area contributed by atoms with Crippen LogP contribution in [0.3, 0.4) is 0 Å². The second-order valence-electron chi connectivity index (χ2n) is 15.8. The van der Waals surface area contributed by atoms with Crippen molar-refractivity contribution in [3.63, 3.8) is 0 Å². The van der Waals surface area contributed by atoms with Crippen LogP contribution in [0.15, 0.2) is 36.4 Å². The lowest BCUT2D eigenvalue weighted by Crippen LogP contribution is -2.07. The molecule has 0 radical (unpaired) electrons. The maximum Gasteiger partial charge on any atom is 0.0431 e. The summed E-state index contributed by atoms with van der Waals surface area (Å²) in [7, 11) is 0. The minimum Gasteiger partial charge on any atom is -0.139 e. The van der Waals surface area contributed by atoms with Gasteiger partial charge in [-0.1, -0.05) is 82.6 Å². The Hall–Kier alpha value is -1.98. The van der Waals surface area contributed by atoms with Gasteiger partial charge in [0.05, 0.1) is 0 Å². The minimum absolute atomic E-state index is 0.124. The molecule has 3 aromatic carbocycles. The highest BCUT2D eigenvalue weighted by molar-refractivity contribution is 7.23. The first-order valence-corrected chi connectivity index (χ1v) is 19.1. The molecule has 0 saturated carbocycles. The summed E-state index contributed by atoms with van der Waals surface area (Å²) >= 11 is 8.11. The van der Waals surface area contributed by atoms with E-state index in [9.17, 15) is 0 Å².